The van der Waals surface area contributed by atoms with E-state index in [0.29, 0.717) is 0 Å². The first-order valence-electron chi connectivity index (χ1n) is 10.8. The normalized spacial score (nSPS) is 42.6. The summed E-state index contributed by atoms with van der Waals surface area (Å²) < 4.78 is 22.7. The molecule has 0 aromatic carbocycles. The molecule has 2 aliphatic carbocycles. The summed E-state index contributed by atoms with van der Waals surface area (Å²) in [5, 5.41) is 0. The number of epoxide rings is 2. The molecule has 0 spiro atoms. The molecule has 4 fully saturated rings. The van der Waals surface area contributed by atoms with Crippen molar-refractivity contribution in [1.29, 1.82) is 0 Å². The van der Waals surface area contributed by atoms with Crippen LogP contribution in [0.5, 0.6) is 0 Å². The van der Waals surface area contributed by atoms with E-state index in [4.69, 9.17) is 18.9 Å². The largest absolute Gasteiger partial charge is 0.465 e. The highest BCUT2D eigenvalue weighted by Crippen LogP contribution is 2.50. The number of carbonyl (C=O) groups excluding carboxylic acids is 2. The van der Waals surface area contributed by atoms with Crippen LogP contribution in [-0.4, -0.2) is 48.1 Å². The molecule has 0 N–H and O–H groups in total. The lowest BCUT2D eigenvalue weighted by Crippen LogP contribution is -2.39. The summed E-state index contributed by atoms with van der Waals surface area (Å²) in [6, 6.07) is 0. The Labute approximate surface area is 167 Å². The Morgan fingerprint density at radius 3 is 2.00 bits per heavy atom. The SMILES string of the molecule is CC(OC(=O)C1CCC2(C)OC2C1)C(C)(C)COC(=O)C1CCC2(C)OC2C1. The molecule has 0 radical (unpaired) electrons. The lowest BCUT2D eigenvalue weighted by molar-refractivity contribution is -0.166. The highest BCUT2D eigenvalue weighted by atomic mass is 16.6. The second kappa shape index (κ2) is 6.69. The van der Waals surface area contributed by atoms with Gasteiger partial charge in [-0.1, -0.05) is 13.8 Å². The Kier molecular flexibility index (Phi) is 4.82. The van der Waals surface area contributed by atoms with E-state index in [0.717, 1.165) is 38.5 Å². The van der Waals surface area contributed by atoms with Gasteiger partial charge in [-0.25, -0.2) is 0 Å². The van der Waals surface area contributed by atoms with Crippen LogP contribution in [0, 0.1) is 17.3 Å². The maximum Gasteiger partial charge on any atom is 0.309 e. The zero-order valence-electron chi connectivity index (χ0n) is 17.8. The van der Waals surface area contributed by atoms with Crippen molar-refractivity contribution in [3.05, 3.63) is 0 Å². The molecule has 6 heteroatoms. The van der Waals surface area contributed by atoms with Crippen LogP contribution in [0.3, 0.4) is 0 Å². The van der Waals surface area contributed by atoms with Gasteiger partial charge in [0.15, 0.2) is 0 Å². The van der Waals surface area contributed by atoms with E-state index in [1.54, 1.807) is 0 Å². The Morgan fingerprint density at radius 1 is 1.00 bits per heavy atom. The van der Waals surface area contributed by atoms with Gasteiger partial charge in [0, 0.05) is 5.41 Å². The standard InChI is InChI=1S/C22H34O6/c1-13(26-19(24)15-7-9-22(5)17(11-15)28-22)20(2,3)12-25-18(23)14-6-8-21(4)16(10-14)27-21/h13-17H,6-12H2,1-5H3. The predicted octanol–water partition coefficient (Wildman–Crippen LogP) is 3.40. The van der Waals surface area contributed by atoms with Crippen LogP contribution in [0.15, 0.2) is 0 Å². The molecular weight excluding hydrogens is 360 g/mol. The van der Waals surface area contributed by atoms with Crippen LogP contribution >= 0.6 is 0 Å². The molecule has 6 nitrogen and oxygen atoms in total. The lowest BCUT2D eigenvalue weighted by Gasteiger charge is -2.33. The van der Waals surface area contributed by atoms with Gasteiger partial charge in [-0.05, 0) is 59.3 Å². The van der Waals surface area contributed by atoms with Crippen molar-refractivity contribution in [2.75, 3.05) is 6.61 Å². The number of rotatable bonds is 6. The van der Waals surface area contributed by atoms with Crippen molar-refractivity contribution >= 4 is 11.9 Å². The van der Waals surface area contributed by atoms with Crippen LogP contribution < -0.4 is 0 Å². The van der Waals surface area contributed by atoms with E-state index in [1.165, 1.54) is 0 Å². The van der Waals surface area contributed by atoms with Gasteiger partial charge in [0.25, 0.3) is 0 Å². The Morgan fingerprint density at radius 2 is 1.50 bits per heavy atom. The fourth-order valence-corrected chi connectivity index (χ4v) is 4.64. The minimum atomic E-state index is -0.441. The van der Waals surface area contributed by atoms with Gasteiger partial charge in [-0.15, -0.1) is 0 Å². The van der Waals surface area contributed by atoms with E-state index in [-0.39, 0.29) is 59.9 Å². The van der Waals surface area contributed by atoms with Gasteiger partial charge >= 0.3 is 11.9 Å². The van der Waals surface area contributed by atoms with Gasteiger partial charge in [0.1, 0.15) is 6.10 Å². The summed E-state index contributed by atoms with van der Waals surface area (Å²) in [6.45, 7) is 10.3. The molecule has 7 atom stereocenters. The summed E-state index contributed by atoms with van der Waals surface area (Å²) in [6.07, 6.45) is 5.06. The van der Waals surface area contributed by atoms with E-state index in [1.807, 2.05) is 20.8 Å². The summed E-state index contributed by atoms with van der Waals surface area (Å²) in [4.78, 5) is 25.1. The average Bonchev–Trinajstić information content (AvgIpc) is 3.50. The van der Waals surface area contributed by atoms with Crippen molar-refractivity contribution in [2.24, 2.45) is 17.3 Å². The summed E-state index contributed by atoms with van der Waals surface area (Å²) in [7, 11) is 0. The second-order valence-electron chi connectivity index (χ2n) is 10.5. The molecule has 2 saturated carbocycles. The summed E-state index contributed by atoms with van der Waals surface area (Å²) in [5.41, 5.74) is -0.442. The highest BCUT2D eigenvalue weighted by Gasteiger charge is 2.57. The lowest BCUT2D eigenvalue weighted by atomic mass is 9.82. The maximum absolute atomic E-state index is 12.6. The third-order valence-corrected chi connectivity index (χ3v) is 7.69. The number of hydrogen-bond donors (Lipinski definition) is 0. The molecule has 0 amide bonds. The number of carbonyl (C=O) groups is 2. The fraction of sp³-hybridized carbons (Fsp3) is 0.909. The molecule has 0 bridgehead atoms. The van der Waals surface area contributed by atoms with Crippen LogP contribution in [0.25, 0.3) is 0 Å². The van der Waals surface area contributed by atoms with Crippen LogP contribution in [0.4, 0.5) is 0 Å². The fourth-order valence-electron chi connectivity index (χ4n) is 4.64. The number of fused-ring (bicyclic) bond motifs is 2. The Balaban J connectivity index is 1.22. The average molecular weight is 395 g/mol. The number of esters is 2. The predicted molar refractivity (Wildman–Crippen MR) is 102 cm³/mol. The van der Waals surface area contributed by atoms with Gasteiger partial charge < -0.3 is 18.9 Å². The van der Waals surface area contributed by atoms with Crippen LogP contribution in [0.2, 0.25) is 0 Å². The van der Waals surface area contributed by atoms with E-state index in [2.05, 4.69) is 13.8 Å². The molecule has 7 unspecified atom stereocenters. The van der Waals surface area contributed by atoms with Crippen LogP contribution in [0.1, 0.15) is 73.1 Å². The van der Waals surface area contributed by atoms with Gasteiger partial charge in [-0.2, -0.15) is 0 Å². The third-order valence-electron chi connectivity index (χ3n) is 7.69. The smallest absolute Gasteiger partial charge is 0.309 e. The maximum atomic E-state index is 12.6. The van der Waals surface area contributed by atoms with Gasteiger partial charge in [0.05, 0.1) is 41.9 Å². The van der Waals surface area contributed by atoms with Crippen molar-refractivity contribution in [1.82, 2.24) is 0 Å². The van der Waals surface area contributed by atoms with Crippen molar-refractivity contribution in [3.63, 3.8) is 0 Å². The monoisotopic (exact) mass is 394 g/mol. The molecule has 2 aliphatic heterocycles. The molecule has 2 heterocycles. The minimum absolute atomic E-state index is 0.000823. The molecule has 28 heavy (non-hydrogen) atoms. The molecule has 4 rings (SSSR count). The number of hydrogen-bond acceptors (Lipinski definition) is 6. The first-order valence-corrected chi connectivity index (χ1v) is 10.8. The Bertz CT molecular complexity index is 659. The molecule has 4 aliphatic rings. The molecule has 2 saturated heterocycles. The highest BCUT2D eigenvalue weighted by molar-refractivity contribution is 5.73. The Hall–Kier alpha value is -1.14. The van der Waals surface area contributed by atoms with E-state index < -0.39 is 5.41 Å². The molecule has 0 aromatic rings. The first-order chi connectivity index (χ1) is 13.0. The van der Waals surface area contributed by atoms with Gasteiger partial charge in [0.2, 0.25) is 0 Å². The topological polar surface area (TPSA) is 77.7 Å². The van der Waals surface area contributed by atoms with Crippen molar-refractivity contribution in [3.8, 4) is 0 Å². The van der Waals surface area contributed by atoms with E-state index in [9.17, 15) is 9.59 Å². The quantitative estimate of drug-likeness (QED) is 0.508. The van der Waals surface area contributed by atoms with E-state index >= 15 is 0 Å². The number of ether oxygens (including phenoxy) is 4. The zero-order valence-corrected chi connectivity index (χ0v) is 17.8. The molecule has 158 valence electrons. The summed E-state index contributed by atoms with van der Waals surface area (Å²) >= 11 is 0. The van der Waals surface area contributed by atoms with Crippen LogP contribution in [-0.2, 0) is 28.5 Å². The minimum Gasteiger partial charge on any atom is -0.465 e. The second-order valence-corrected chi connectivity index (χ2v) is 10.5. The van der Waals surface area contributed by atoms with Crippen molar-refractivity contribution < 1.29 is 28.5 Å². The molecular formula is C22H34O6. The molecule has 0 aromatic heterocycles. The zero-order chi connectivity index (χ0) is 20.3. The third kappa shape index (κ3) is 3.82. The van der Waals surface area contributed by atoms with Crippen molar-refractivity contribution in [2.45, 2.75) is 103 Å². The summed E-state index contributed by atoms with van der Waals surface area (Å²) in [5.74, 6) is -0.468. The van der Waals surface area contributed by atoms with Gasteiger partial charge in [-0.3, -0.25) is 9.59 Å². The first kappa shape index (κ1) is 20.1.